The summed E-state index contributed by atoms with van der Waals surface area (Å²) >= 11 is 0. The molecule has 0 aromatic carbocycles. The second kappa shape index (κ2) is 5.73. The molecule has 0 amide bonds. The molecule has 0 saturated heterocycles. The van der Waals surface area contributed by atoms with Gasteiger partial charge in [0.15, 0.2) is 12.4 Å². The molecule has 0 spiro atoms. The summed E-state index contributed by atoms with van der Waals surface area (Å²) in [5, 5.41) is 0. The third kappa shape index (κ3) is 3.85. The van der Waals surface area contributed by atoms with E-state index in [1.165, 1.54) is 5.56 Å². The van der Waals surface area contributed by atoms with E-state index in [1.54, 1.807) is 0 Å². The van der Waals surface area contributed by atoms with E-state index in [0.29, 0.717) is 0 Å². The van der Waals surface area contributed by atoms with Crippen LogP contribution in [-0.2, 0) is 12.0 Å². The summed E-state index contributed by atoms with van der Waals surface area (Å²) in [5.74, 6) is 0. The van der Waals surface area contributed by atoms with Crippen LogP contribution < -0.4 is 4.57 Å². The lowest BCUT2D eigenvalue weighted by atomic mass is 9.88. The highest BCUT2D eigenvalue weighted by Crippen LogP contribution is 2.19. The molecule has 82 valence electrons. The molecule has 0 bridgehead atoms. The minimum absolute atomic E-state index is 0. The zero-order chi connectivity index (χ0) is 9.19. The fourth-order valence-corrected chi connectivity index (χ4v) is 1.17. The third-order valence-electron chi connectivity index (χ3n) is 2.12. The molecule has 1 rings (SSSR count). The maximum Gasteiger partial charge on any atom is 0.169 e. The number of rotatable bonds is 1. The summed E-state index contributed by atoms with van der Waals surface area (Å²) in [6, 6.07) is 4.40. The number of aryl methyl sites for hydroxylation is 1. The standard InChI is InChI=1S/C11H18N.2H2O/c1-5-12-8-6-10(7-9-12)11(2,3)4;;/h6-9H,5H2,1-4H3;2*1H2/q+1;;/p-1. The van der Waals surface area contributed by atoms with Crippen LogP contribution in [0.4, 0.5) is 0 Å². The molecule has 3 heteroatoms. The zero-order valence-electron chi connectivity index (χ0n) is 9.41. The molecule has 14 heavy (non-hydrogen) atoms. The SMILES string of the molecule is CC[n+]1ccc(C(C)(C)C)cc1.O.[OH-]. The molecule has 0 unspecified atom stereocenters. The van der Waals surface area contributed by atoms with Crippen molar-refractivity contribution in [2.45, 2.75) is 39.7 Å². The van der Waals surface area contributed by atoms with E-state index in [0.717, 1.165) is 6.54 Å². The van der Waals surface area contributed by atoms with Crippen LogP contribution in [0.2, 0.25) is 0 Å². The lowest BCUT2D eigenvalue weighted by Crippen LogP contribution is -2.31. The van der Waals surface area contributed by atoms with Crippen LogP contribution in [-0.4, -0.2) is 11.0 Å². The Kier molecular flexibility index (Phi) is 6.36. The van der Waals surface area contributed by atoms with E-state index in [9.17, 15) is 0 Å². The van der Waals surface area contributed by atoms with Gasteiger partial charge < -0.3 is 11.0 Å². The molecule has 0 aliphatic carbocycles. The van der Waals surface area contributed by atoms with Crippen molar-refractivity contribution in [1.82, 2.24) is 0 Å². The first-order valence-corrected chi connectivity index (χ1v) is 4.53. The van der Waals surface area contributed by atoms with Gasteiger partial charge in [-0.2, -0.15) is 0 Å². The molecule has 1 heterocycles. The summed E-state index contributed by atoms with van der Waals surface area (Å²) in [6.07, 6.45) is 4.28. The highest BCUT2D eigenvalue weighted by atomic mass is 16.0. The van der Waals surface area contributed by atoms with Gasteiger partial charge in [0.25, 0.3) is 0 Å². The molecule has 0 atom stereocenters. The van der Waals surface area contributed by atoms with Crippen molar-refractivity contribution >= 4 is 0 Å². The summed E-state index contributed by atoms with van der Waals surface area (Å²) in [5.41, 5.74) is 1.67. The average molecular weight is 199 g/mol. The van der Waals surface area contributed by atoms with Gasteiger partial charge in [-0.1, -0.05) is 20.8 Å². The number of nitrogens with zero attached hydrogens (tertiary/aromatic N) is 1. The number of hydrogen-bond donors (Lipinski definition) is 0. The van der Waals surface area contributed by atoms with Crippen molar-refractivity contribution in [2.24, 2.45) is 0 Å². The van der Waals surface area contributed by atoms with Crippen molar-refractivity contribution in [1.29, 1.82) is 0 Å². The molecule has 0 fully saturated rings. The van der Waals surface area contributed by atoms with Gasteiger partial charge in [0.1, 0.15) is 6.54 Å². The number of pyridine rings is 1. The number of hydrogen-bond acceptors (Lipinski definition) is 1. The fraction of sp³-hybridized carbons (Fsp3) is 0.545. The monoisotopic (exact) mass is 199 g/mol. The predicted molar refractivity (Wildman–Crippen MR) is 56.6 cm³/mol. The highest BCUT2D eigenvalue weighted by molar-refractivity contribution is 5.17. The van der Waals surface area contributed by atoms with Crippen LogP contribution in [0.1, 0.15) is 33.3 Å². The molecular weight excluding hydrogens is 178 g/mol. The molecule has 0 aliphatic heterocycles. The van der Waals surface area contributed by atoms with E-state index in [1.807, 2.05) is 0 Å². The Labute approximate surface area is 86.0 Å². The van der Waals surface area contributed by atoms with Crippen LogP contribution in [0.15, 0.2) is 24.5 Å². The van der Waals surface area contributed by atoms with Crippen molar-refractivity contribution in [3.8, 4) is 0 Å². The maximum atomic E-state index is 2.23. The lowest BCUT2D eigenvalue weighted by Gasteiger charge is -2.17. The molecule has 0 saturated carbocycles. The van der Waals surface area contributed by atoms with Crippen molar-refractivity contribution < 1.29 is 15.5 Å². The first-order chi connectivity index (χ1) is 5.54. The zero-order valence-corrected chi connectivity index (χ0v) is 9.41. The first kappa shape index (κ1) is 15.5. The molecule has 0 radical (unpaired) electrons. The van der Waals surface area contributed by atoms with E-state index >= 15 is 0 Å². The molecule has 1 aromatic rings. The van der Waals surface area contributed by atoms with E-state index < -0.39 is 0 Å². The second-order valence-electron chi connectivity index (χ2n) is 4.17. The van der Waals surface area contributed by atoms with Crippen LogP contribution in [0.5, 0.6) is 0 Å². The molecule has 0 aliphatic rings. The van der Waals surface area contributed by atoms with Gasteiger partial charge in [-0.15, -0.1) is 0 Å². The van der Waals surface area contributed by atoms with Gasteiger partial charge in [-0.3, -0.25) is 0 Å². The van der Waals surface area contributed by atoms with Crippen LogP contribution in [0.3, 0.4) is 0 Å². The molecule has 3 N–H and O–H groups in total. The topological polar surface area (TPSA) is 65.4 Å². The molecular formula is C11H21NO2. The number of aromatic nitrogens is 1. The fourth-order valence-electron chi connectivity index (χ4n) is 1.17. The highest BCUT2D eigenvalue weighted by Gasteiger charge is 2.14. The van der Waals surface area contributed by atoms with Gasteiger partial charge in [-0.05, 0) is 17.9 Å². The van der Waals surface area contributed by atoms with Crippen LogP contribution in [0.25, 0.3) is 0 Å². The Balaban J connectivity index is 0. The Morgan fingerprint density at radius 1 is 1.14 bits per heavy atom. The van der Waals surface area contributed by atoms with Gasteiger partial charge in [0.05, 0.1) is 0 Å². The Morgan fingerprint density at radius 3 is 1.86 bits per heavy atom. The quantitative estimate of drug-likeness (QED) is 0.628. The second-order valence-corrected chi connectivity index (χ2v) is 4.17. The summed E-state index contributed by atoms with van der Waals surface area (Å²) in [6.45, 7) is 9.90. The third-order valence-corrected chi connectivity index (χ3v) is 2.12. The smallest absolute Gasteiger partial charge is 0.169 e. The summed E-state index contributed by atoms with van der Waals surface area (Å²) in [4.78, 5) is 0. The van der Waals surface area contributed by atoms with E-state index in [2.05, 4.69) is 56.8 Å². The van der Waals surface area contributed by atoms with Crippen LogP contribution >= 0.6 is 0 Å². The molecule has 1 aromatic heterocycles. The van der Waals surface area contributed by atoms with Crippen molar-refractivity contribution in [3.63, 3.8) is 0 Å². The summed E-state index contributed by atoms with van der Waals surface area (Å²) in [7, 11) is 0. The van der Waals surface area contributed by atoms with E-state index in [4.69, 9.17) is 0 Å². The van der Waals surface area contributed by atoms with Crippen molar-refractivity contribution in [3.05, 3.63) is 30.1 Å². The largest absolute Gasteiger partial charge is 0.870 e. The van der Waals surface area contributed by atoms with Gasteiger partial charge in [0.2, 0.25) is 0 Å². The predicted octanol–water partition coefficient (Wildman–Crippen LogP) is 1.29. The molecule has 3 nitrogen and oxygen atoms in total. The minimum atomic E-state index is 0. The van der Waals surface area contributed by atoms with Crippen molar-refractivity contribution in [2.75, 3.05) is 0 Å². The van der Waals surface area contributed by atoms with Crippen LogP contribution in [0, 0.1) is 0 Å². The van der Waals surface area contributed by atoms with Gasteiger partial charge >= 0.3 is 0 Å². The van der Waals surface area contributed by atoms with Gasteiger partial charge in [0, 0.05) is 12.1 Å². The summed E-state index contributed by atoms with van der Waals surface area (Å²) < 4.78 is 2.18. The van der Waals surface area contributed by atoms with E-state index in [-0.39, 0.29) is 16.4 Å². The maximum absolute atomic E-state index is 2.23. The lowest BCUT2D eigenvalue weighted by molar-refractivity contribution is -0.693. The van der Waals surface area contributed by atoms with Gasteiger partial charge in [-0.25, -0.2) is 4.57 Å². The normalized spacial score (nSPS) is 10.0. The average Bonchev–Trinajstić information content (AvgIpc) is 2.03. The minimum Gasteiger partial charge on any atom is -0.870 e. The first-order valence-electron chi connectivity index (χ1n) is 4.53. The Morgan fingerprint density at radius 2 is 1.57 bits per heavy atom. The Hall–Kier alpha value is -0.930. The Bertz CT molecular complexity index is 249.